The lowest BCUT2D eigenvalue weighted by Gasteiger charge is -2.32. The standard InChI is InChI=1S/C26H38N4O3S/c1-29(2)18-15-26(31)28-24-9-11-25(12-10-24)34(32,33)27-16-6-17-30-19-13-23(14-20-30)21-22-7-4-3-5-8-22/h3-5,7-12,23,27H,6,13-21H2,1-2H3,(H,28,31). The molecule has 186 valence electrons. The summed E-state index contributed by atoms with van der Waals surface area (Å²) in [5.74, 6) is 0.643. The number of benzene rings is 2. The van der Waals surface area contributed by atoms with Crippen LogP contribution in [0.5, 0.6) is 0 Å². The van der Waals surface area contributed by atoms with Crippen molar-refractivity contribution in [1.29, 1.82) is 0 Å². The molecule has 1 fully saturated rings. The Bertz CT molecular complexity index is 986. The Morgan fingerprint density at radius 2 is 1.71 bits per heavy atom. The maximum absolute atomic E-state index is 12.6. The topological polar surface area (TPSA) is 81.8 Å². The molecule has 1 heterocycles. The van der Waals surface area contributed by atoms with Gasteiger partial charge in [-0.1, -0.05) is 30.3 Å². The van der Waals surface area contributed by atoms with Crippen LogP contribution in [0.4, 0.5) is 5.69 Å². The fraction of sp³-hybridized carbons (Fsp3) is 0.500. The van der Waals surface area contributed by atoms with E-state index in [1.54, 1.807) is 12.1 Å². The van der Waals surface area contributed by atoms with E-state index in [2.05, 4.69) is 45.3 Å². The van der Waals surface area contributed by atoms with Crippen LogP contribution in [-0.4, -0.2) is 70.9 Å². The van der Waals surface area contributed by atoms with Gasteiger partial charge in [0.15, 0.2) is 0 Å². The summed E-state index contributed by atoms with van der Waals surface area (Å²) in [7, 11) is 0.262. The van der Waals surface area contributed by atoms with Crippen LogP contribution in [0, 0.1) is 5.92 Å². The summed E-state index contributed by atoms with van der Waals surface area (Å²) in [5.41, 5.74) is 2.01. The van der Waals surface area contributed by atoms with Crippen LogP contribution in [0.2, 0.25) is 0 Å². The first-order chi connectivity index (χ1) is 16.3. The number of amides is 1. The second-order valence-electron chi connectivity index (χ2n) is 9.35. The monoisotopic (exact) mass is 486 g/mol. The first-order valence-electron chi connectivity index (χ1n) is 12.1. The molecule has 0 aliphatic carbocycles. The lowest BCUT2D eigenvalue weighted by atomic mass is 9.90. The molecule has 8 heteroatoms. The minimum atomic E-state index is -3.56. The van der Waals surface area contributed by atoms with E-state index in [0.717, 1.165) is 38.4 Å². The van der Waals surface area contributed by atoms with E-state index in [4.69, 9.17) is 0 Å². The Morgan fingerprint density at radius 3 is 2.35 bits per heavy atom. The van der Waals surface area contributed by atoms with Crippen molar-refractivity contribution in [2.45, 2.75) is 37.0 Å². The maximum Gasteiger partial charge on any atom is 0.240 e. The minimum absolute atomic E-state index is 0.0912. The average molecular weight is 487 g/mol. The highest BCUT2D eigenvalue weighted by molar-refractivity contribution is 7.89. The van der Waals surface area contributed by atoms with Crippen molar-refractivity contribution >= 4 is 21.6 Å². The van der Waals surface area contributed by atoms with Crippen LogP contribution in [0.25, 0.3) is 0 Å². The van der Waals surface area contributed by atoms with E-state index in [1.165, 1.54) is 30.5 Å². The number of hydrogen-bond donors (Lipinski definition) is 2. The van der Waals surface area contributed by atoms with Crippen molar-refractivity contribution in [2.24, 2.45) is 5.92 Å². The van der Waals surface area contributed by atoms with Gasteiger partial charge in [0.25, 0.3) is 0 Å². The molecule has 0 radical (unpaired) electrons. The first-order valence-corrected chi connectivity index (χ1v) is 13.6. The fourth-order valence-electron chi connectivity index (χ4n) is 4.22. The Labute approximate surface area is 204 Å². The Hall–Kier alpha value is -2.26. The van der Waals surface area contributed by atoms with Crippen molar-refractivity contribution in [3.05, 3.63) is 60.2 Å². The van der Waals surface area contributed by atoms with Gasteiger partial charge in [-0.3, -0.25) is 4.79 Å². The number of sulfonamides is 1. The van der Waals surface area contributed by atoms with Crippen molar-refractivity contribution in [2.75, 3.05) is 52.1 Å². The van der Waals surface area contributed by atoms with E-state index in [0.29, 0.717) is 25.2 Å². The molecule has 0 saturated carbocycles. The number of likely N-dealkylation sites (tertiary alicyclic amines) is 1. The van der Waals surface area contributed by atoms with Gasteiger partial charge in [-0.25, -0.2) is 13.1 Å². The maximum atomic E-state index is 12.6. The van der Waals surface area contributed by atoms with Gasteiger partial charge in [-0.2, -0.15) is 0 Å². The van der Waals surface area contributed by atoms with Crippen molar-refractivity contribution in [3.63, 3.8) is 0 Å². The van der Waals surface area contributed by atoms with E-state index in [-0.39, 0.29) is 10.8 Å². The van der Waals surface area contributed by atoms with Crippen LogP contribution in [0.1, 0.15) is 31.2 Å². The fourth-order valence-corrected chi connectivity index (χ4v) is 5.29. The van der Waals surface area contributed by atoms with E-state index < -0.39 is 10.0 Å². The SMILES string of the molecule is CN(C)CCC(=O)Nc1ccc(S(=O)(=O)NCCCN2CCC(Cc3ccccc3)CC2)cc1. The van der Waals surface area contributed by atoms with Crippen molar-refractivity contribution < 1.29 is 13.2 Å². The molecular formula is C26H38N4O3S. The summed E-state index contributed by atoms with van der Waals surface area (Å²) in [4.78, 5) is 16.5. The van der Waals surface area contributed by atoms with Gasteiger partial charge < -0.3 is 15.1 Å². The molecule has 0 atom stereocenters. The molecule has 3 rings (SSSR count). The number of nitrogens with one attached hydrogen (secondary N) is 2. The summed E-state index contributed by atoms with van der Waals surface area (Å²) in [6, 6.07) is 17.0. The number of anilines is 1. The second kappa shape index (κ2) is 13.0. The third-order valence-corrected chi connectivity index (χ3v) is 7.73. The number of hydrogen-bond acceptors (Lipinski definition) is 5. The summed E-state index contributed by atoms with van der Waals surface area (Å²) in [6.45, 7) is 4.12. The van der Waals surface area contributed by atoms with Crippen LogP contribution >= 0.6 is 0 Å². The average Bonchev–Trinajstić information content (AvgIpc) is 2.82. The normalized spacial score (nSPS) is 15.5. The number of piperidine rings is 1. The van der Waals surface area contributed by atoms with Crippen LogP contribution in [0.3, 0.4) is 0 Å². The largest absolute Gasteiger partial charge is 0.326 e. The lowest BCUT2D eigenvalue weighted by Crippen LogP contribution is -2.36. The quantitative estimate of drug-likeness (QED) is 0.450. The minimum Gasteiger partial charge on any atom is -0.326 e. The van der Waals surface area contributed by atoms with Gasteiger partial charge in [-0.05, 0) is 95.2 Å². The van der Waals surface area contributed by atoms with Gasteiger partial charge in [0, 0.05) is 25.2 Å². The molecule has 2 N–H and O–H groups in total. The predicted molar refractivity (Wildman–Crippen MR) is 137 cm³/mol. The molecule has 1 saturated heterocycles. The molecular weight excluding hydrogens is 448 g/mol. The zero-order valence-corrected chi connectivity index (χ0v) is 21.2. The molecule has 1 amide bonds. The Kier molecular flexibility index (Phi) is 10.1. The van der Waals surface area contributed by atoms with Gasteiger partial charge in [0.1, 0.15) is 0 Å². The zero-order valence-electron chi connectivity index (χ0n) is 20.4. The Morgan fingerprint density at radius 1 is 1.03 bits per heavy atom. The zero-order chi connectivity index (χ0) is 24.4. The summed E-state index contributed by atoms with van der Waals surface area (Å²) in [5, 5.41) is 2.79. The highest BCUT2D eigenvalue weighted by Crippen LogP contribution is 2.21. The van der Waals surface area contributed by atoms with Crippen LogP contribution in [-0.2, 0) is 21.2 Å². The van der Waals surface area contributed by atoms with Gasteiger partial charge in [-0.15, -0.1) is 0 Å². The smallest absolute Gasteiger partial charge is 0.240 e. The van der Waals surface area contributed by atoms with Gasteiger partial charge in [0.2, 0.25) is 15.9 Å². The number of carbonyl (C=O) groups is 1. The van der Waals surface area contributed by atoms with E-state index in [1.807, 2.05) is 19.0 Å². The summed E-state index contributed by atoms with van der Waals surface area (Å²) < 4.78 is 27.9. The molecule has 2 aromatic carbocycles. The highest BCUT2D eigenvalue weighted by atomic mass is 32.2. The van der Waals surface area contributed by atoms with Crippen molar-refractivity contribution in [3.8, 4) is 0 Å². The molecule has 1 aliphatic rings. The molecule has 2 aromatic rings. The Balaban J connectivity index is 1.35. The first kappa shape index (κ1) is 26.3. The third kappa shape index (κ3) is 8.83. The number of rotatable bonds is 12. The molecule has 7 nitrogen and oxygen atoms in total. The van der Waals surface area contributed by atoms with Crippen LogP contribution in [0.15, 0.2) is 59.5 Å². The second-order valence-corrected chi connectivity index (χ2v) is 11.1. The van der Waals surface area contributed by atoms with E-state index in [9.17, 15) is 13.2 Å². The summed E-state index contributed by atoms with van der Waals surface area (Å²) >= 11 is 0. The third-order valence-electron chi connectivity index (χ3n) is 6.25. The van der Waals surface area contributed by atoms with Crippen molar-refractivity contribution in [1.82, 2.24) is 14.5 Å². The lowest BCUT2D eigenvalue weighted by molar-refractivity contribution is -0.116. The molecule has 0 aromatic heterocycles. The molecule has 0 bridgehead atoms. The summed E-state index contributed by atoms with van der Waals surface area (Å²) in [6.07, 6.45) is 4.70. The predicted octanol–water partition coefficient (Wildman–Crippen LogP) is 3.20. The van der Waals surface area contributed by atoms with Gasteiger partial charge in [0.05, 0.1) is 4.90 Å². The number of nitrogens with zero attached hydrogens (tertiary/aromatic N) is 2. The highest BCUT2D eigenvalue weighted by Gasteiger charge is 2.19. The molecule has 0 unspecified atom stereocenters. The molecule has 34 heavy (non-hydrogen) atoms. The molecule has 1 aliphatic heterocycles. The van der Waals surface area contributed by atoms with Crippen LogP contribution < -0.4 is 10.0 Å². The van der Waals surface area contributed by atoms with Gasteiger partial charge >= 0.3 is 0 Å². The number of carbonyl (C=O) groups excluding carboxylic acids is 1. The van der Waals surface area contributed by atoms with E-state index >= 15 is 0 Å². The molecule has 0 spiro atoms.